The van der Waals surface area contributed by atoms with Crippen LogP contribution in [0.5, 0.6) is 0 Å². The molecule has 0 radical (unpaired) electrons. The highest BCUT2D eigenvalue weighted by atomic mass is 35.5. The summed E-state index contributed by atoms with van der Waals surface area (Å²) in [4.78, 5) is 30.2. The molecule has 1 aromatic carbocycles. The molecule has 1 N–H and O–H groups in total. The Labute approximate surface area is 220 Å². The third-order valence-corrected chi connectivity index (χ3v) is 7.12. The van der Waals surface area contributed by atoms with Crippen molar-refractivity contribution >= 4 is 23.4 Å². The number of carbonyl (C=O) groups excluding carboxylic acids is 2. The number of amides is 2. The molecule has 2 aromatic heterocycles. The predicted octanol–water partition coefficient (Wildman–Crippen LogP) is 3.70. The second-order valence-corrected chi connectivity index (χ2v) is 10.1. The number of rotatable bonds is 9. The van der Waals surface area contributed by atoms with Crippen LogP contribution in [0.1, 0.15) is 56.1 Å². The van der Waals surface area contributed by atoms with Gasteiger partial charge >= 0.3 is 0 Å². The van der Waals surface area contributed by atoms with E-state index < -0.39 is 6.04 Å². The van der Waals surface area contributed by atoms with Crippen molar-refractivity contribution in [2.75, 3.05) is 13.2 Å². The van der Waals surface area contributed by atoms with Crippen LogP contribution in [0.4, 0.5) is 0 Å². The van der Waals surface area contributed by atoms with Crippen molar-refractivity contribution in [2.24, 2.45) is 0 Å². The fourth-order valence-corrected chi connectivity index (χ4v) is 5.10. The first kappa shape index (κ1) is 25.4. The van der Waals surface area contributed by atoms with Crippen molar-refractivity contribution in [3.8, 4) is 11.4 Å². The number of carbonyl (C=O) groups is 2. The van der Waals surface area contributed by atoms with Crippen molar-refractivity contribution in [1.29, 1.82) is 0 Å². The quantitative estimate of drug-likeness (QED) is 0.452. The summed E-state index contributed by atoms with van der Waals surface area (Å²) in [7, 11) is 0. The van der Waals surface area contributed by atoms with Crippen LogP contribution in [0.2, 0.25) is 5.02 Å². The summed E-state index contributed by atoms with van der Waals surface area (Å²) in [5.74, 6) is 0.904. The number of benzene rings is 1. The van der Waals surface area contributed by atoms with Crippen LogP contribution in [-0.4, -0.2) is 62.2 Å². The van der Waals surface area contributed by atoms with Crippen LogP contribution >= 0.6 is 11.6 Å². The van der Waals surface area contributed by atoms with Crippen LogP contribution in [0.3, 0.4) is 0 Å². The molecule has 10 nitrogen and oxygen atoms in total. The van der Waals surface area contributed by atoms with Gasteiger partial charge in [-0.2, -0.15) is 4.80 Å². The number of tetrazole rings is 1. The predicted molar refractivity (Wildman–Crippen MR) is 136 cm³/mol. The number of aryl methyl sites for hydroxylation is 1. The van der Waals surface area contributed by atoms with Gasteiger partial charge in [-0.3, -0.25) is 9.59 Å². The van der Waals surface area contributed by atoms with E-state index in [9.17, 15) is 9.59 Å². The molecule has 196 valence electrons. The molecule has 3 aromatic rings. The van der Waals surface area contributed by atoms with E-state index in [2.05, 4.69) is 20.7 Å². The van der Waals surface area contributed by atoms with E-state index in [0.29, 0.717) is 29.0 Å². The molecule has 0 bridgehead atoms. The van der Waals surface area contributed by atoms with Gasteiger partial charge in [-0.05, 0) is 74.2 Å². The van der Waals surface area contributed by atoms with Gasteiger partial charge in [0.25, 0.3) is 5.91 Å². The van der Waals surface area contributed by atoms with Gasteiger partial charge in [-0.25, -0.2) is 0 Å². The Balaban J connectivity index is 1.40. The summed E-state index contributed by atoms with van der Waals surface area (Å²) in [6.07, 6.45) is 5.62. The Kier molecular flexibility index (Phi) is 7.85. The minimum atomic E-state index is -0.926. The minimum absolute atomic E-state index is 0.102. The summed E-state index contributed by atoms with van der Waals surface area (Å²) in [5, 5.41) is 16.3. The summed E-state index contributed by atoms with van der Waals surface area (Å²) in [6, 6.07) is 9.80. The highest BCUT2D eigenvalue weighted by Crippen LogP contribution is 2.28. The first-order valence-corrected chi connectivity index (χ1v) is 13.2. The maximum Gasteiger partial charge on any atom is 0.250 e. The summed E-state index contributed by atoms with van der Waals surface area (Å²) in [6.45, 7) is 2.54. The van der Waals surface area contributed by atoms with E-state index in [4.69, 9.17) is 20.8 Å². The third-order valence-electron chi connectivity index (χ3n) is 6.87. The standard InChI is InChI=1S/C26H31ClN6O4/c1-17-8-13-22(37-17)24(26(35)28-20-5-2-3-6-20)32(15-21-7-4-14-36-21)23(34)16-33-30-25(29-31-33)18-9-11-19(27)12-10-18/h8-13,20-21,24H,2-7,14-16H2,1H3,(H,28,35). The molecule has 2 aliphatic rings. The van der Waals surface area contributed by atoms with Crippen molar-refractivity contribution in [3.05, 3.63) is 52.9 Å². The lowest BCUT2D eigenvalue weighted by Gasteiger charge is -2.32. The maximum atomic E-state index is 13.8. The SMILES string of the molecule is Cc1ccc(C(C(=O)NC2CCCC2)N(CC2CCCO2)C(=O)Cn2nnc(-c3ccc(Cl)cc3)n2)o1. The summed E-state index contributed by atoms with van der Waals surface area (Å²) < 4.78 is 11.7. The highest BCUT2D eigenvalue weighted by molar-refractivity contribution is 6.30. The van der Waals surface area contributed by atoms with Crippen LogP contribution < -0.4 is 5.32 Å². The Morgan fingerprint density at radius 1 is 1.14 bits per heavy atom. The molecule has 2 fully saturated rings. The molecule has 1 saturated heterocycles. The van der Waals surface area contributed by atoms with Gasteiger partial charge in [0.2, 0.25) is 11.7 Å². The normalized spacial score (nSPS) is 18.7. The van der Waals surface area contributed by atoms with Crippen molar-refractivity contribution in [1.82, 2.24) is 30.4 Å². The number of nitrogens with one attached hydrogen (secondary N) is 1. The highest BCUT2D eigenvalue weighted by Gasteiger charge is 2.37. The lowest BCUT2D eigenvalue weighted by Crippen LogP contribution is -2.49. The van der Waals surface area contributed by atoms with E-state index in [0.717, 1.165) is 44.1 Å². The monoisotopic (exact) mass is 526 g/mol. The van der Waals surface area contributed by atoms with E-state index in [1.165, 1.54) is 4.80 Å². The molecule has 1 aliphatic heterocycles. The molecule has 0 spiro atoms. The van der Waals surface area contributed by atoms with Crippen molar-refractivity contribution < 1.29 is 18.7 Å². The van der Waals surface area contributed by atoms with E-state index in [1.54, 1.807) is 41.3 Å². The van der Waals surface area contributed by atoms with Gasteiger partial charge in [0.15, 0.2) is 6.04 Å². The third kappa shape index (κ3) is 6.19. The molecule has 2 atom stereocenters. The number of aromatic nitrogens is 4. The number of furan rings is 1. The van der Waals surface area contributed by atoms with Crippen molar-refractivity contribution in [2.45, 2.75) is 70.2 Å². The molecule has 11 heteroatoms. The Hall–Kier alpha value is -3.24. The molecular formula is C26H31ClN6O4. The first-order valence-electron chi connectivity index (χ1n) is 12.8. The summed E-state index contributed by atoms with van der Waals surface area (Å²) in [5.41, 5.74) is 0.735. The van der Waals surface area contributed by atoms with Gasteiger partial charge in [-0.15, -0.1) is 10.2 Å². The zero-order valence-electron chi connectivity index (χ0n) is 20.8. The van der Waals surface area contributed by atoms with Crippen LogP contribution in [-0.2, 0) is 20.9 Å². The Bertz CT molecular complexity index is 1210. The van der Waals surface area contributed by atoms with Crippen LogP contribution in [0.25, 0.3) is 11.4 Å². The second kappa shape index (κ2) is 11.4. The largest absolute Gasteiger partial charge is 0.464 e. The molecule has 2 unspecified atom stereocenters. The average molecular weight is 527 g/mol. The molecule has 3 heterocycles. The van der Waals surface area contributed by atoms with Gasteiger partial charge in [0.1, 0.15) is 18.1 Å². The second-order valence-electron chi connectivity index (χ2n) is 9.67. The zero-order chi connectivity index (χ0) is 25.8. The smallest absolute Gasteiger partial charge is 0.250 e. The molecule has 37 heavy (non-hydrogen) atoms. The maximum absolute atomic E-state index is 13.8. The minimum Gasteiger partial charge on any atom is -0.464 e. The number of hydrogen-bond donors (Lipinski definition) is 1. The number of hydrogen-bond acceptors (Lipinski definition) is 7. The topological polar surface area (TPSA) is 115 Å². The van der Waals surface area contributed by atoms with E-state index in [1.807, 2.05) is 6.92 Å². The van der Waals surface area contributed by atoms with Gasteiger partial charge in [0, 0.05) is 29.8 Å². The summed E-state index contributed by atoms with van der Waals surface area (Å²) >= 11 is 5.98. The average Bonchev–Trinajstić information content (AvgIpc) is 3.69. The fraction of sp³-hybridized carbons (Fsp3) is 0.500. The number of nitrogens with zero attached hydrogens (tertiary/aromatic N) is 5. The van der Waals surface area contributed by atoms with E-state index >= 15 is 0 Å². The number of ether oxygens (including phenoxy) is 1. The molecule has 2 amide bonds. The van der Waals surface area contributed by atoms with E-state index in [-0.39, 0.29) is 37.0 Å². The zero-order valence-corrected chi connectivity index (χ0v) is 21.6. The molecular weight excluding hydrogens is 496 g/mol. The molecule has 5 rings (SSSR count). The number of halogens is 1. The Morgan fingerprint density at radius 2 is 1.92 bits per heavy atom. The fourth-order valence-electron chi connectivity index (χ4n) is 4.97. The molecule has 1 aliphatic carbocycles. The van der Waals surface area contributed by atoms with Gasteiger partial charge in [-0.1, -0.05) is 24.4 Å². The Morgan fingerprint density at radius 3 is 2.59 bits per heavy atom. The van der Waals surface area contributed by atoms with Gasteiger partial charge in [0.05, 0.1) is 6.10 Å². The molecule has 1 saturated carbocycles. The van der Waals surface area contributed by atoms with Crippen LogP contribution in [0.15, 0.2) is 40.8 Å². The van der Waals surface area contributed by atoms with Gasteiger partial charge < -0.3 is 19.4 Å². The van der Waals surface area contributed by atoms with Crippen molar-refractivity contribution in [3.63, 3.8) is 0 Å². The van der Waals surface area contributed by atoms with Crippen LogP contribution in [0, 0.1) is 6.92 Å². The first-order chi connectivity index (χ1) is 18.0. The lowest BCUT2D eigenvalue weighted by molar-refractivity contribution is -0.144. The lowest BCUT2D eigenvalue weighted by atomic mass is 10.1.